The van der Waals surface area contributed by atoms with E-state index >= 15 is 0 Å². The number of benzene rings is 2. The van der Waals surface area contributed by atoms with Crippen molar-refractivity contribution in [3.8, 4) is 17.2 Å². The van der Waals surface area contributed by atoms with Gasteiger partial charge in [0, 0.05) is 6.42 Å². The van der Waals surface area contributed by atoms with Crippen molar-refractivity contribution in [2.24, 2.45) is 0 Å². The lowest BCUT2D eigenvalue weighted by molar-refractivity contribution is 0.0963. The molecule has 0 amide bonds. The highest BCUT2D eigenvalue weighted by molar-refractivity contribution is 6.00. The molecule has 1 atom stereocenters. The first kappa shape index (κ1) is 18.3. The number of ether oxygens (including phenoxy) is 2. The maximum atomic E-state index is 13.0. The normalized spacial score (nSPS) is 16.0. The van der Waals surface area contributed by atoms with Gasteiger partial charge in [0.1, 0.15) is 0 Å². The highest BCUT2D eigenvalue weighted by Gasteiger charge is 2.32. The Kier molecular flexibility index (Phi) is 4.67. The van der Waals surface area contributed by atoms with Gasteiger partial charge in [-0.3, -0.25) is 4.79 Å². The van der Waals surface area contributed by atoms with E-state index in [1.54, 1.807) is 14.2 Å². The molecule has 1 aromatic heterocycles. The summed E-state index contributed by atoms with van der Waals surface area (Å²) in [6.07, 6.45) is 1.23. The van der Waals surface area contributed by atoms with E-state index in [0.717, 1.165) is 34.6 Å². The minimum Gasteiger partial charge on any atom is -0.493 e. The van der Waals surface area contributed by atoms with Crippen LogP contribution in [0.5, 0.6) is 11.5 Å². The average Bonchev–Trinajstić information content (AvgIpc) is 3.05. The Hall–Kier alpha value is -3.08. The van der Waals surface area contributed by atoms with Crippen LogP contribution in [-0.4, -0.2) is 29.8 Å². The van der Waals surface area contributed by atoms with Crippen molar-refractivity contribution in [3.63, 3.8) is 0 Å². The predicted molar refractivity (Wildman–Crippen MR) is 108 cm³/mol. The molecule has 3 aromatic rings. The van der Waals surface area contributed by atoms with Crippen molar-refractivity contribution in [3.05, 3.63) is 70.5 Å². The number of ketones is 1. The standard InChI is InChI=1S/C23H24N2O3/c1-14-5-8-18(9-6-14)25-19-11-17(12-20(26)23(19)15(2)24-25)16-7-10-21(27-3)22(13-16)28-4/h5-10,13,17H,11-12H2,1-4H3/t17-/m0/s1. The van der Waals surface area contributed by atoms with E-state index in [9.17, 15) is 4.79 Å². The van der Waals surface area contributed by atoms with Gasteiger partial charge in [-0.1, -0.05) is 23.8 Å². The van der Waals surface area contributed by atoms with Crippen LogP contribution in [0.15, 0.2) is 42.5 Å². The van der Waals surface area contributed by atoms with Crippen molar-refractivity contribution < 1.29 is 14.3 Å². The molecule has 1 heterocycles. The van der Waals surface area contributed by atoms with E-state index in [0.29, 0.717) is 17.9 Å². The molecule has 4 rings (SSSR count). The van der Waals surface area contributed by atoms with E-state index in [-0.39, 0.29) is 11.7 Å². The molecule has 0 spiro atoms. The Morgan fingerprint density at radius 3 is 2.36 bits per heavy atom. The predicted octanol–water partition coefficient (Wildman–Crippen LogP) is 4.42. The number of Topliss-reactive ketones (excluding diaryl/α,β-unsaturated/α-hetero) is 1. The molecule has 144 valence electrons. The van der Waals surface area contributed by atoms with Crippen LogP contribution in [0, 0.1) is 13.8 Å². The summed E-state index contributed by atoms with van der Waals surface area (Å²) in [6.45, 7) is 3.97. The summed E-state index contributed by atoms with van der Waals surface area (Å²) in [5, 5.41) is 4.68. The largest absolute Gasteiger partial charge is 0.493 e. The van der Waals surface area contributed by atoms with Crippen LogP contribution >= 0.6 is 0 Å². The molecule has 0 unspecified atom stereocenters. The first-order chi connectivity index (χ1) is 13.5. The van der Waals surface area contributed by atoms with Crippen LogP contribution in [0.3, 0.4) is 0 Å². The summed E-state index contributed by atoms with van der Waals surface area (Å²) >= 11 is 0. The quantitative estimate of drug-likeness (QED) is 0.676. The van der Waals surface area contributed by atoms with Crippen LogP contribution < -0.4 is 9.47 Å². The third-order valence-electron chi connectivity index (χ3n) is 5.46. The fourth-order valence-electron chi connectivity index (χ4n) is 4.00. The minimum absolute atomic E-state index is 0.0834. The topological polar surface area (TPSA) is 53.3 Å². The van der Waals surface area contributed by atoms with Crippen LogP contribution in [0.2, 0.25) is 0 Å². The van der Waals surface area contributed by atoms with Crippen LogP contribution in [0.25, 0.3) is 5.69 Å². The number of fused-ring (bicyclic) bond motifs is 1. The molecule has 0 fully saturated rings. The molecule has 0 saturated heterocycles. The van der Waals surface area contributed by atoms with Gasteiger partial charge in [0.05, 0.1) is 36.9 Å². The smallest absolute Gasteiger partial charge is 0.167 e. The van der Waals surface area contributed by atoms with Gasteiger partial charge in [0.2, 0.25) is 0 Å². The van der Waals surface area contributed by atoms with Gasteiger partial charge in [-0.15, -0.1) is 0 Å². The summed E-state index contributed by atoms with van der Waals surface area (Å²) in [6, 6.07) is 14.1. The molecular weight excluding hydrogens is 352 g/mol. The number of hydrogen-bond acceptors (Lipinski definition) is 4. The number of aryl methyl sites for hydroxylation is 2. The van der Waals surface area contributed by atoms with Gasteiger partial charge in [-0.25, -0.2) is 4.68 Å². The number of rotatable bonds is 4. The zero-order chi connectivity index (χ0) is 19.8. The van der Waals surface area contributed by atoms with E-state index in [2.05, 4.69) is 24.2 Å². The first-order valence-corrected chi connectivity index (χ1v) is 9.42. The minimum atomic E-state index is 0.0834. The molecule has 1 aliphatic rings. The molecule has 0 N–H and O–H groups in total. The number of hydrogen-bond donors (Lipinski definition) is 0. The Balaban J connectivity index is 1.75. The maximum Gasteiger partial charge on any atom is 0.167 e. The Bertz CT molecular complexity index is 1030. The summed E-state index contributed by atoms with van der Waals surface area (Å²) in [4.78, 5) is 13.0. The fourth-order valence-corrected chi connectivity index (χ4v) is 4.00. The van der Waals surface area contributed by atoms with E-state index in [1.165, 1.54) is 5.56 Å². The number of nitrogens with zero attached hydrogens (tertiary/aromatic N) is 2. The molecule has 28 heavy (non-hydrogen) atoms. The van der Waals surface area contributed by atoms with E-state index in [1.807, 2.05) is 41.9 Å². The first-order valence-electron chi connectivity index (χ1n) is 9.42. The zero-order valence-corrected chi connectivity index (χ0v) is 16.7. The fraction of sp³-hybridized carbons (Fsp3) is 0.304. The zero-order valence-electron chi connectivity index (χ0n) is 16.7. The van der Waals surface area contributed by atoms with Crippen molar-refractivity contribution in [1.29, 1.82) is 0 Å². The monoisotopic (exact) mass is 376 g/mol. The highest BCUT2D eigenvalue weighted by Crippen LogP contribution is 2.38. The lowest BCUT2D eigenvalue weighted by Gasteiger charge is -2.24. The van der Waals surface area contributed by atoms with Gasteiger partial charge < -0.3 is 9.47 Å². The van der Waals surface area contributed by atoms with E-state index < -0.39 is 0 Å². The SMILES string of the molecule is COc1ccc([C@@H]2CC(=O)c3c(C)nn(-c4ccc(C)cc4)c3C2)cc1OC. The van der Waals surface area contributed by atoms with Gasteiger partial charge in [-0.05, 0) is 56.0 Å². The summed E-state index contributed by atoms with van der Waals surface area (Å²) in [5.41, 5.74) is 5.81. The molecule has 2 aromatic carbocycles. The van der Waals surface area contributed by atoms with Crippen molar-refractivity contribution >= 4 is 5.78 Å². The second kappa shape index (κ2) is 7.15. The second-order valence-corrected chi connectivity index (χ2v) is 7.30. The molecule has 0 saturated carbocycles. The third-order valence-corrected chi connectivity index (χ3v) is 5.46. The lowest BCUT2D eigenvalue weighted by atomic mass is 9.81. The van der Waals surface area contributed by atoms with Crippen LogP contribution in [0.4, 0.5) is 0 Å². The van der Waals surface area contributed by atoms with Crippen molar-refractivity contribution in [1.82, 2.24) is 9.78 Å². The average molecular weight is 376 g/mol. The third kappa shape index (κ3) is 3.07. The van der Waals surface area contributed by atoms with Gasteiger partial charge in [0.25, 0.3) is 0 Å². The van der Waals surface area contributed by atoms with E-state index in [4.69, 9.17) is 9.47 Å². The van der Waals surface area contributed by atoms with Crippen LogP contribution in [-0.2, 0) is 6.42 Å². The number of carbonyl (C=O) groups excluding carboxylic acids is 1. The van der Waals surface area contributed by atoms with Gasteiger partial charge in [0.15, 0.2) is 17.3 Å². The molecule has 0 radical (unpaired) electrons. The Labute approximate surface area is 164 Å². The van der Waals surface area contributed by atoms with Crippen molar-refractivity contribution in [2.75, 3.05) is 14.2 Å². The van der Waals surface area contributed by atoms with Crippen LogP contribution in [0.1, 0.15) is 45.2 Å². The van der Waals surface area contributed by atoms with Crippen molar-refractivity contribution in [2.45, 2.75) is 32.6 Å². The number of aromatic nitrogens is 2. The Morgan fingerprint density at radius 1 is 0.964 bits per heavy atom. The second-order valence-electron chi connectivity index (χ2n) is 7.30. The molecular formula is C23H24N2O3. The number of carbonyl (C=O) groups is 1. The molecule has 5 heteroatoms. The Morgan fingerprint density at radius 2 is 1.68 bits per heavy atom. The van der Waals surface area contributed by atoms with Gasteiger partial charge in [-0.2, -0.15) is 5.10 Å². The lowest BCUT2D eigenvalue weighted by Crippen LogP contribution is -2.20. The number of methoxy groups -OCH3 is 2. The highest BCUT2D eigenvalue weighted by atomic mass is 16.5. The summed E-state index contributed by atoms with van der Waals surface area (Å²) in [5.74, 6) is 1.60. The maximum absolute atomic E-state index is 13.0. The molecule has 0 bridgehead atoms. The molecule has 1 aliphatic carbocycles. The molecule has 5 nitrogen and oxygen atoms in total. The summed E-state index contributed by atoms with van der Waals surface area (Å²) < 4.78 is 12.7. The van der Waals surface area contributed by atoms with Gasteiger partial charge >= 0.3 is 0 Å². The summed E-state index contributed by atoms with van der Waals surface area (Å²) in [7, 11) is 3.25. The molecule has 0 aliphatic heterocycles.